The lowest BCUT2D eigenvalue weighted by molar-refractivity contribution is -0.120. The van der Waals surface area contributed by atoms with Crippen LogP contribution < -0.4 is 5.32 Å². The molecule has 102 valence electrons. The topological polar surface area (TPSA) is 66.5 Å². The molecule has 0 unspecified atom stereocenters. The van der Waals surface area contributed by atoms with Crippen molar-refractivity contribution in [2.45, 2.75) is 19.9 Å². The van der Waals surface area contributed by atoms with E-state index in [1.807, 2.05) is 19.1 Å². The van der Waals surface area contributed by atoms with Gasteiger partial charge in [0.15, 0.2) is 0 Å². The average molecular weight is 290 g/mol. The van der Waals surface area contributed by atoms with Gasteiger partial charge in [-0.25, -0.2) is 12.7 Å². The summed E-state index contributed by atoms with van der Waals surface area (Å²) in [5, 5.41) is 2.71. The molecule has 18 heavy (non-hydrogen) atoms. The van der Waals surface area contributed by atoms with Crippen molar-refractivity contribution in [3.05, 3.63) is 21.9 Å². The molecule has 1 aromatic heterocycles. The number of hydrogen-bond acceptors (Lipinski definition) is 4. The molecule has 1 N–H and O–H groups in total. The quantitative estimate of drug-likeness (QED) is 0.848. The number of aryl methyl sites for hydroxylation is 1. The van der Waals surface area contributed by atoms with Crippen LogP contribution in [0.5, 0.6) is 0 Å². The van der Waals surface area contributed by atoms with Crippen LogP contribution in [0.15, 0.2) is 12.1 Å². The van der Waals surface area contributed by atoms with Gasteiger partial charge in [-0.15, -0.1) is 11.3 Å². The molecule has 0 spiro atoms. The van der Waals surface area contributed by atoms with Gasteiger partial charge in [0, 0.05) is 30.3 Å². The van der Waals surface area contributed by atoms with Crippen LogP contribution in [-0.4, -0.2) is 38.5 Å². The van der Waals surface area contributed by atoms with Gasteiger partial charge in [-0.3, -0.25) is 4.79 Å². The fourth-order valence-electron chi connectivity index (χ4n) is 1.26. The van der Waals surface area contributed by atoms with E-state index in [1.54, 1.807) is 11.3 Å². The minimum Gasteiger partial charge on any atom is -0.351 e. The monoisotopic (exact) mass is 290 g/mol. The molecule has 0 fully saturated rings. The van der Waals surface area contributed by atoms with Crippen LogP contribution in [0.25, 0.3) is 0 Å². The number of sulfonamides is 1. The van der Waals surface area contributed by atoms with Gasteiger partial charge >= 0.3 is 0 Å². The SMILES string of the molecule is Cc1ccc(CNC(=O)CCS(=O)(=O)N(C)C)s1. The minimum atomic E-state index is -3.30. The lowest BCUT2D eigenvalue weighted by atomic mass is 10.4. The molecule has 1 aromatic rings. The maximum Gasteiger partial charge on any atom is 0.221 e. The highest BCUT2D eigenvalue weighted by Crippen LogP contribution is 2.14. The molecule has 7 heteroatoms. The van der Waals surface area contributed by atoms with E-state index in [1.165, 1.54) is 19.0 Å². The molecule has 0 aliphatic rings. The summed E-state index contributed by atoms with van der Waals surface area (Å²) in [6.07, 6.45) is -0.00906. The first-order valence-electron chi connectivity index (χ1n) is 5.53. The Kier molecular flexibility index (Phi) is 5.30. The molecule has 1 heterocycles. The Morgan fingerprint density at radius 3 is 2.56 bits per heavy atom. The summed E-state index contributed by atoms with van der Waals surface area (Å²) >= 11 is 1.62. The summed E-state index contributed by atoms with van der Waals surface area (Å²) in [5.74, 6) is -0.401. The van der Waals surface area contributed by atoms with Crippen LogP contribution in [0.4, 0.5) is 0 Å². The summed E-state index contributed by atoms with van der Waals surface area (Å²) in [7, 11) is -0.377. The number of carbonyl (C=O) groups excluding carboxylic acids is 1. The van der Waals surface area contributed by atoms with Gasteiger partial charge in [0.05, 0.1) is 12.3 Å². The maximum absolute atomic E-state index is 11.5. The van der Waals surface area contributed by atoms with Gasteiger partial charge in [-0.05, 0) is 19.1 Å². The summed E-state index contributed by atoms with van der Waals surface area (Å²) in [5.41, 5.74) is 0. The largest absolute Gasteiger partial charge is 0.351 e. The van der Waals surface area contributed by atoms with Crippen molar-refractivity contribution in [2.75, 3.05) is 19.8 Å². The molecule has 0 aliphatic carbocycles. The van der Waals surface area contributed by atoms with E-state index >= 15 is 0 Å². The number of rotatable bonds is 6. The number of amides is 1. The Labute approximate surface area is 112 Å². The Bertz CT molecular complexity index is 506. The third-order valence-electron chi connectivity index (χ3n) is 2.40. The van der Waals surface area contributed by atoms with Gasteiger partial charge in [-0.1, -0.05) is 0 Å². The van der Waals surface area contributed by atoms with Crippen molar-refractivity contribution in [3.63, 3.8) is 0 Å². The standard InChI is InChI=1S/C11H18N2O3S2/c1-9-4-5-10(17-9)8-12-11(14)6-7-18(15,16)13(2)3/h4-5H,6-8H2,1-3H3,(H,12,14). The predicted molar refractivity (Wildman–Crippen MR) is 73.0 cm³/mol. The first-order chi connectivity index (χ1) is 8.31. The van der Waals surface area contributed by atoms with E-state index < -0.39 is 10.0 Å². The second kappa shape index (κ2) is 6.31. The Balaban J connectivity index is 2.35. The smallest absolute Gasteiger partial charge is 0.221 e. The fraction of sp³-hybridized carbons (Fsp3) is 0.545. The molecular formula is C11H18N2O3S2. The molecule has 0 bridgehead atoms. The van der Waals surface area contributed by atoms with Crippen LogP contribution in [0.1, 0.15) is 16.2 Å². The third-order valence-corrected chi connectivity index (χ3v) is 5.23. The van der Waals surface area contributed by atoms with Crippen molar-refractivity contribution in [1.29, 1.82) is 0 Å². The van der Waals surface area contributed by atoms with Crippen LogP contribution in [0.2, 0.25) is 0 Å². The highest BCUT2D eigenvalue weighted by atomic mass is 32.2. The van der Waals surface area contributed by atoms with Crippen LogP contribution in [0.3, 0.4) is 0 Å². The van der Waals surface area contributed by atoms with E-state index in [0.29, 0.717) is 6.54 Å². The Morgan fingerprint density at radius 1 is 1.39 bits per heavy atom. The molecule has 0 aliphatic heterocycles. The first-order valence-corrected chi connectivity index (χ1v) is 7.96. The maximum atomic E-state index is 11.5. The molecule has 5 nitrogen and oxygen atoms in total. The highest BCUT2D eigenvalue weighted by molar-refractivity contribution is 7.89. The van der Waals surface area contributed by atoms with E-state index in [-0.39, 0.29) is 18.1 Å². The van der Waals surface area contributed by atoms with Gasteiger partial charge < -0.3 is 5.32 Å². The Morgan fingerprint density at radius 2 is 2.06 bits per heavy atom. The highest BCUT2D eigenvalue weighted by Gasteiger charge is 2.15. The molecule has 1 amide bonds. The lowest BCUT2D eigenvalue weighted by Crippen LogP contribution is -2.30. The van der Waals surface area contributed by atoms with E-state index in [0.717, 1.165) is 9.18 Å². The normalized spacial score (nSPS) is 11.8. The molecule has 0 radical (unpaired) electrons. The van der Waals surface area contributed by atoms with Crippen LogP contribution >= 0.6 is 11.3 Å². The number of nitrogens with one attached hydrogen (secondary N) is 1. The van der Waals surface area contributed by atoms with E-state index in [2.05, 4.69) is 5.32 Å². The molecule has 0 atom stereocenters. The second-order valence-electron chi connectivity index (χ2n) is 4.14. The molecular weight excluding hydrogens is 272 g/mol. The van der Waals surface area contributed by atoms with Crippen LogP contribution in [-0.2, 0) is 21.4 Å². The molecule has 0 saturated heterocycles. The van der Waals surface area contributed by atoms with Crippen molar-refractivity contribution < 1.29 is 13.2 Å². The van der Waals surface area contributed by atoms with E-state index in [4.69, 9.17) is 0 Å². The number of nitrogens with zero attached hydrogens (tertiary/aromatic N) is 1. The van der Waals surface area contributed by atoms with Crippen molar-refractivity contribution >= 4 is 27.3 Å². The first kappa shape index (κ1) is 15.1. The van der Waals surface area contributed by atoms with Gasteiger partial charge in [0.1, 0.15) is 0 Å². The second-order valence-corrected chi connectivity index (χ2v) is 7.81. The molecule has 1 rings (SSSR count). The summed E-state index contributed by atoms with van der Waals surface area (Å²) in [6, 6.07) is 3.94. The molecule has 0 aromatic carbocycles. The number of thiophene rings is 1. The van der Waals surface area contributed by atoms with Crippen molar-refractivity contribution in [3.8, 4) is 0 Å². The third kappa shape index (κ3) is 4.75. The summed E-state index contributed by atoms with van der Waals surface area (Å²) in [4.78, 5) is 13.8. The fourth-order valence-corrected chi connectivity index (χ4v) is 2.90. The van der Waals surface area contributed by atoms with Gasteiger partial charge in [-0.2, -0.15) is 0 Å². The Hall–Kier alpha value is -0.920. The summed E-state index contributed by atoms with van der Waals surface area (Å²) in [6.45, 7) is 2.46. The zero-order chi connectivity index (χ0) is 13.8. The average Bonchev–Trinajstić information content (AvgIpc) is 2.69. The molecule has 0 saturated carbocycles. The van der Waals surface area contributed by atoms with E-state index in [9.17, 15) is 13.2 Å². The minimum absolute atomic E-state index is 0.00906. The van der Waals surface area contributed by atoms with Crippen molar-refractivity contribution in [1.82, 2.24) is 9.62 Å². The lowest BCUT2D eigenvalue weighted by Gasteiger charge is -2.10. The zero-order valence-electron chi connectivity index (χ0n) is 10.8. The number of carbonyl (C=O) groups is 1. The number of hydrogen-bond donors (Lipinski definition) is 1. The van der Waals surface area contributed by atoms with Gasteiger partial charge in [0.2, 0.25) is 15.9 Å². The predicted octanol–water partition coefficient (Wildman–Crippen LogP) is 0.954. The zero-order valence-corrected chi connectivity index (χ0v) is 12.4. The van der Waals surface area contributed by atoms with Crippen molar-refractivity contribution in [2.24, 2.45) is 0 Å². The summed E-state index contributed by atoms with van der Waals surface area (Å²) < 4.78 is 24.0. The van der Waals surface area contributed by atoms with Gasteiger partial charge in [0.25, 0.3) is 0 Å². The van der Waals surface area contributed by atoms with Crippen LogP contribution in [0, 0.1) is 6.92 Å².